The molecule has 2 heterocycles. The van der Waals surface area contributed by atoms with Gasteiger partial charge in [0.25, 0.3) is 6.47 Å². The molecule has 40 heavy (non-hydrogen) atoms. The zero-order valence-corrected chi connectivity index (χ0v) is 25.1. The summed E-state index contributed by atoms with van der Waals surface area (Å²) in [6.07, 6.45) is 2.81. The summed E-state index contributed by atoms with van der Waals surface area (Å²) in [5.41, 5.74) is 1.32. The Morgan fingerprint density at radius 1 is 1.18 bits per heavy atom. The maximum Gasteiger partial charge on any atom is 0.293 e. The van der Waals surface area contributed by atoms with Crippen LogP contribution in [-0.2, 0) is 24.3 Å². The minimum absolute atomic E-state index is 0.0213. The number of rotatable bonds is 8. The fraction of sp³-hybridized carbons (Fsp3) is 0.393. The van der Waals surface area contributed by atoms with Crippen molar-refractivity contribution in [3.8, 4) is 21.0 Å². The van der Waals surface area contributed by atoms with Crippen LogP contribution in [0.2, 0.25) is 0 Å². The van der Waals surface area contributed by atoms with Gasteiger partial charge in [0.15, 0.2) is 0 Å². The molecule has 12 heteroatoms. The van der Waals surface area contributed by atoms with Gasteiger partial charge in [-0.3, -0.25) is 9.59 Å². The third kappa shape index (κ3) is 7.86. The molecule has 0 bridgehead atoms. The monoisotopic (exact) mass is 590 g/mol. The average Bonchev–Trinajstić information content (AvgIpc) is 3.52. The lowest BCUT2D eigenvalue weighted by atomic mass is 10.1. The Morgan fingerprint density at radius 3 is 2.42 bits per heavy atom. The Hall–Kier alpha value is -3.35. The van der Waals surface area contributed by atoms with Crippen LogP contribution in [0.4, 0.5) is 15.8 Å². The van der Waals surface area contributed by atoms with E-state index in [0.717, 1.165) is 6.42 Å². The molecule has 0 spiro atoms. The summed E-state index contributed by atoms with van der Waals surface area (Å²) in [7, 11) is -2.27. The van der Waals surface area contributed by atoms with E-state index < -0.39 is 21.4 Å². The lowest BCUT2D eigenvalue weighted by Crippen LogP contribution is -2.40. The van der Waals surface area contributed by atoms with E-state index in [1.807, 2.05) is 0 Å². The van der Waals surface area contributed by atoms with Crippen molar-refractivity contribution in [1.29, 1.82) is 0 Å². The summed E-state index contributed by atoms with van der Waals surface area (Å²) in [6, 6.07) is 9.81. The van der Waals surface area contributed by atoms with Crippen LogP contribution in [0, 0.1) is 5.82 Å². The number of nitrogens with one attached hydrogen (secondary N) is 2. The van der Waals surface area contributed by atoms with Crippen LogP contribution in [-0.4, -0.2) is 51.0 Å². The van der Waals surface area contributed by atoms with Crippen molar-refractivity contribution < 1.29 is 27.1 Å². The van der Waals surface area contributed by atoms with Crippen molar-refractivity contribution in [2.45, 2.75) is 64.0 Å². The van der Waals surface area contributed by atoms with Crippen LogP contribution in [0.15, 0.2) is 47.5 Å². The molecule has 4 rings (SSSR count). The van der Waals surface area contributed by atoms with E-state index in [9.17, 15) is 22.4 Å². The van der Waals surface area contributed by atoms with Crippen molar-refractivity contribution in [2.75, 3.05) is 23.8 Å². The topological polar surface area (TPSA) is 118 Å². The molecular weight excluding hydrogens is 555 g/mol. The molecule has 1 amide bonds. The van der Waals surface area contributed by atoms with Gasteiger partial charge < -0.3 is 15.0 Å². The smallest absolute Gasteiger partial charge is 0.293 e. The second-order valence-corrected chi connectivity index (χ2v) is 13.1. The molecule has 2 N–H and O–H groups in total. The van der Waals surface area contributed by atoms with Gasteiger partial charge in [-0.25, -0.2) is 22.5 Å². The highest BCUT2D eigenvalue weighted by atomic mass is 32.2. The molecule has 0 saturated carbocycles. The fourth-order valence-electron chi connectivity index (χ4n) is 3.98. The first-order chi connectivity index (χ1) is 18.8. The van der Waals surface area contributed by atoms with Crippen molar-refractivity contribution in [1.82, 2.24) is 9.71 Å². The molecule has 0 radical (unpaired) electrons. The summed E-state index contributed by atoms with van der Waals surface area (Å²) in [5, 5.41) is 3.36. The van der Waals surface area contributed by atoms with Gasteiger partial charge in [-0.05, 0) is 71.4 Å². The van der Waals surface area contributed by atoms with Gasteiger partial charge in [0, 0.05) is 48.6 Å². The molecule has 1 fully saturated rings. The van der Waals surface area contributed by atoms with Gasteiger partial charge >= 0.3 is 0 Å². The highest BCUT2D eigenvalue weighted by Crippen LogP contribution is 2.38. The number of halogens is 1. The largest absolute Gasteiger partial charge is 0.465 e. The van der Waals surface area contributed by atoms with Crippen molar-refractivity contribution in [3.63, 3.8) is 0 Å². The van der Waals surface area contributed by atoms with Gasteiger partial charge in [-0.2, -0.15) is 0 Å². The predicted octanol–water partition coefficient (Wildman–Crippen LogP) is 5.43. The Morgan fingerprint density at radius 2 is 1.90 bits per heavy atom. The molecule has 9 nitrogen and oxygen atoms in total. The minimum Gasteiger partial charge on any atom is -0.465 e. The minimum atomic E-state index is -3.91. The quantitative estimate of drug-likeness (QED) is 0.336. The first kappa shape index (κ1) is 31.2. The molecule has 1 aliphatic heterocycles. The van der Waals surface area contributed by atoms with Crippen molar-refractivity contribution in [2.24, 2.45) is 0 Å². The summed E-state index contributed by atoms with van der Waals surface area (Å²) in [4.78, 5) is 28.4. The molecule has 0 aliphatic carbocycles. The van der Waals surface area contributed by atoms with E-state index in [1.165, 1.54) is 17.4 Å². The fourth-order valence-corrected chi connectivity index (χ4v) is 6.65. The molecular formula is C28H35FN4O5S2. The highest BCUT2D eigenvalue weighted by Gasteiger charge is 2.29. The number of aromatic nitrogens is 1. The summed E-state index contributed by atoms with van der Waals surface area (Å²) < 4.78 is 48.1. The number of sulfonamides is 1. The highest BCUT2D eigenvalue weighted by molar-refractivity contribution is 7.89. The average molecular weight is 591 g/mol. The number of benzene rings is 2. The summed E-state index contributed by atoms with van der Waals surface area (Å²) in [5.74, 6) is -0.416. The van der Waals surface area contributed by atoms with E-state index in [0.29, 0.717) is 51.8 Å². The first-order valence-corrected chi connectivity index (χ1v) is 15.1. The maximum atomic E-state index is 14.3. The van der Waals surface area contributed by atoms with Crippen LogP contribution >= 0.6 is 11.3 Å². The number of anilines is 2. The van der Waals surface area contributed by atoms with Gasteiger partial charge in [-0.1, -0.05) is 6.07 Å². The molecule has 216 valence electrons. The predicted molar refractivity (Wildman–Crippen MR) is 156 cm³/mol. The standard InChI is InChI=1S/C24H27FN4O3S2.C4H8O2/c1-24(2,3)28-34(31,32)21-13-16(29-11-5-6-22(29)30)8-9-17(21)20-14-27-23(33-20)15-7-10-19(26-4)18(25)12-15;1-4(2)6-3-5/h7-10,12-14,26,28H,5-6,11H2,1-4H3;3-4H,1-2H3. The Labute approximate surface area is 238 Å². The van der Waals surface area contributed by atoms with Gasteiger partial charge in [0.1, 0.15) is 10.8 Å². The van der Waals surface area contributed by atoms with E-state index in [1.54, 1.807) is 83.1 Å². The third-order valence-corrected chi connectivity index (χ3v) is 8.54. The second-order valence-electron chi connectivity index (χ2n) is 10.4. The van der Waals surface area contributed by atoms with E-state index in [-0.39, 0.29) is 16.9 Å². The SMILES string of the molecule is CC(C)OC=O.CNc1ccc(-c2ncc(-c3ccc(N4CCCC4=O)cc3S(=O)(=O)NC(C)(C)C)s2)cc1F. The summed E-state index contributed by atoms with van der Waals surface area (Å²) >= 11 is 1.28. The van der Waals surface area contributed by atoms with Gasteiger partial charge in [-0.15, -0.1) is 11.3 Å². The van der Waals surface area contributed by atoms with E-state index in [2.05, 4.69) is 19.8 Å². The number of nitrogens with zero attached hydrogens (tertiary/aromatic N) is 2. The third-order valence-electron chi connectivity index (χ3n) is 5.66. The zero-order valence-electron chi connectivity index (χ0n) is 23.4. The second kappa shape index (κ2) is 12.9. The Kier molecular flexibility index (Phi) is 10.0. The van der Waals surface area contributed by atoms with Crippen LogP contribution in [0.25, 0.3) is 21.0 Å². The van der Waals surface area contributed by atoms with Crippen LogP contribution in [0.1, 0.15) is 47.5 Å². The molecule has 1 aliphatic rings. The number of carbonyl (C=O) groups is 2. The molecule has 3 aromatic rings. The van der Waals surface area contributed by atoms with Gasteiger partial charge in [0.2, 0.25) is 15.9 Å². The first-order valence-electron chi connectivity index (χ1n) is 12.8. The number of thiazole rings is 1. The lowest BCUT2D eigenvalue weighted by Gasteiger charge is -2.23. The Bertz CT molecular complexity index is 1470. The van der Waals surface area contributed by atoms with Crippen molar-refractivity contribution in [3.05, 3.63) is 48.4 Å². The number of carbonyl (C=O) groups excluding carboxylic acids is 2. The van der Waals surface area contributed by atoms with Crippen LogP contribution < -0.4 is 14.9 Å². The number of amides is 1. The van der Waals surface area contributed by atoms with Gasteiger partial charge in [0.05, 0.1) is 21.6 Å². The molecule has 1 aromatic heterocycles. The van der Waals surface area contributed by atoms with E-state index in [4.69, 9.17) is 0 Å². The lowest BCUT2D eigenvalue weighted by molar-refractivity contribution is -0.132. The normalized spacial score (nSPS) is 13.7. The Balaban J connectivity index is 0.000000663. The molecule has 0 atom stereocenters. The number of hydrogen-bond donors (Lipinski definition) is 2. The van der Waals surface area contributed by atoms with Crippen LogP contribution in [0.3, 0.4) is 0 Å². The maximum absolute atomic E-state index is 14.3. The number of ether oxygens (including phenoxy) is 1. The number of hydrogen-bond acceptors (Lipinski definition) is 8. The van der Waals surface area contributed by atoms with E-state index >= 15 is 0 Å². The van der Waals surface area contributed by atoms with Crippen LogP contribution in [0.5, 0.6) is 0 Å². The summed E-state index contributed by atoms with van der Waals surface area (Å²) in [6.45, 7) is 9.92. The van der Waals surface area contributed by atoms with Crippen molar-refractivity contribution >= 4 is 45.1 Å². The molecule has 2 aromatic carbocycles. The molecule has 1 saturated heterocycles. The zero-order chi connectivity index (χ0) is 29.7. The molecule has 0 unspecified atom stereocenters.